The predicted molar refractivity (Wildman–Crippen MR) is 136 cm³/mol. The van der Waals surface area contributed by atoms with Crippen molar-refractivity contribution in [3.63, 3.8) is 0 Å². The van der Waals surface area contributed by atoms with Crippen LogP contribution in [0.5, 0.6) is 5.75 Å². The third-order valence-corrected chi connectivity index (χ3v) is 6.30. The van der Waals surface area contributed by atoms with E-state index in [0.717, 1.165) is 22.4 Å². The molecule has 7 nitrogen and oxygen atoms in total. The maximum absolute atomic E-state index is 13.8. The van der Waals surface area contributed by atoms with Crippen LogP contribution in [0, 0.1) is 12.7 Å². The molecular formula is C28H26FN5O2. The van der Waals surface area contributed by atoms with Gasteiger partial charge in [0.15, 0.2) is 11.6 Å². The standard InChI is InChI=1S/C28H26FN5O2/c1-19-14-22(8-9-24(19)29)25-15-26(20-6-4-3-5-7-20)34(32-25)18-27(35)33-12-10-21(11-13-33)28-30-16-23(36-2)17-31-28/h3-10,14-17H,11-13,18H2,1-2H3. The van der Waals surface area contributed by atoms with E-state index in [1.807, 2.05) is 47.4 Å². The van der Waals surface area contributed by atoms with Gasteiger partial charge in [0.1, 0.15) is 12.4 Å². The van der Waals surface area contributed by atoms with Crippen LogP contribution in [0.4, 0.5) is 4.39 Å². The zero-order chi connectivity index (χ0) is 25.1. The minimum Gasteiger partial charge on any atom is -0.494 e. The molecule has 36 heavy (non-hydrogen) atoms. The smallest absolute Gasteiger partial charge is 0.244 e. The lowest BCUT2D eigenvalue weighted by molar-refractivity contribution is -0.131. The molecule has 1 aliphatic rings. The molecule has 0 spiro atoms. The Labute approximate surface area is 208 Å². The van der Waals surface area contributed by atoms with Crippen molar-refractivity contribution in [2.45, 2.75) is 19.9 Å². The van der Waals surface area contributed by atoms with Gasteiger partial charge in [-0.05, 0) is 54.3 Å². The lowest BCUT2D eigenvalue weighted by atomic mass is 10.1. The van der Waals surface area contributed by atoms with Gasteiger partial charge in [-0.15, -0.1) is 0 Å². The van der Waals surface area contributed by atoms with E-state index < -0.39 is 0 Å². The molecule has 2 aromatic carbocycles. The molecule has 3 heterocycles. The van der Waals surface area contributed by atoms with Crippen LogP contribution in [-0.4, -0.2) is 50.8 Å². The second-order valence-electron chi connectivity index (χ2n) is 8.67. The zero-order valence-corrected chi connectivity index (χ0v) is 20.2. The lowest BCUT2D eigenvalue weighted by Gasteiger charge is -2.26. The molecule has 0 saturated heterocycles. The van der Waals surface area contributed by atoms with Crippen LogP contribution in [-0.2, 0) is 11.3 Å². The average molecular weight is 484 g/mol. The van der Waals surface area contributed by atoms with Crippen LogP contribution < -0.4 is 4.74 Å². The Morgan fingerprint density at radius 1 is 1.06 bits per heavy atom. The Hall–Kier alpha value is -4.33. The fourth-order valence-corrected chi connectivity index (χ4v) is 4.24. The summed E-state index contributed by atoms with van der Waals surface area (Å²) in [4.78, 5) is 23.8. The maximum atomic E-state index is 13.8. The van der Waals surface area contributed by atoms with Gasteiger partial charge in [-0.2, -0.15) is 5.10 Å². The first kappa shape index (κ1) is 23.4. The third-order valence-electron chi connectivity index (χ3n) is 6.30. The molecule has 182 valence electrons. The number of aromatic nitrogens is 4. The number of nitrogens with zero attached hydrogens (tertiary/aromatic N) is 5. The molecule has 1 amide bonds. The minimum atomic E-state index is -0.255. The fourth-order valence-electron chi connectivity index (χ4n) is 4.24. The first-order valence-electron chi connectivity index (χ1n) is 11.7. The highest BCUT2D eigenvalue weighted by molar-refractivity contribution is 5.79. The number of amides is 1. The summed E-state index contributed by atoms with van der Waals surface area (Å²) in [5.74, 6) is 0.980. The highest BCUT2D eigenvalue weighted by Crippen LogP contribution is 2.28. The molecule has 1 aliphatic heterocycles. The molecule has 0 unspecified atom stereocenters. The van der Waals surface area contributed by atoms with E-state index in [2.05, 4.69) is 9.97 Å². The number of ether oxygens (including phenoxy) is 1. The Kier molecular flexibility index (Phi) is 6.58. The van der Waals surface area contributed by atoms with E-state index in [9.17, 15) is 9.18 Å². The molecule has 0 fully saturated rings. The second-order valence-corrected chi connectivity index (χ2v) is 8.67. The zero-order valence-electron chi connectivity index (χ0n) is 20.2. The van der Waals surface area contributed by atoms with Crippen LogP contribution in [0.2, 0.25) is 0 Å². The summed E-state index contributed by atoms with van der Waals surface area (Å²) in [5, 5.41) is 4.74. The first-order valence-corrected chi connectivity index (χ1v) is 11.7. The number of methoxy groups -OCH3 is 1. The monoisotopic (exact) mass is 483 g/mol. The first-order chi connectivity index (χ1) is 17.5. The van der Waals surface area contributed by atoms with Gasteiger partial charge in [0, 0.05) is 18.7 Å². The van der Waals surface area contributed by atoms with E-state index in [0.29, 0.717) is 42.3 Å². The van der Waals surface area contributed by atoms with Crippen molar-refractivity contribution >= 4 is 11.5 Å². The van der Waals surface area contributed by atoms with Crippen molar-refractivity contribution in [1.82, 2.24) is 24.6 Å². The molecule has 0 radical (unpaired) electrons. The number of benzene rings is 2. The SMILES string of the molecule is COc1cnc(C2=CCN(C(=O)Cn3nc(-c4ccc(F)c(C)c4)cc3-c3ccccc3)CC2)nc1. The van der Waals surface area contributed by atoms with E-state index in [4.69, 9.17) is 9.84 Å². The number of hydrogen-bond acceptors (Lipinski definition) is 5. The number of hydrogen-bond donors (Lipinski definition) is 0. The van der Waals surface area contributed by atoms with Crippen molar-refractivity contribution < 1.29 is 13.9 Å². The van der Waals surface area contributed by atoms with Crippen molar-refractivity contribution in [2.24, 2.45) is 0 Å². The number of rotatable bonds is 6. The average Bonchev–Trinajstić information content (AvgIpc) is 3.34. The van der Waals surface area contributed by atoms with Gasteiger partial charge in [-0.1, -0.05) is 36.4 Å². The fraction of sp³-hybridized carbons (Fsp3) is 0.214. The van der Waals surface area contributed by atoms with Gasteiger partial charge in [-0.25, -0.2) is 14.4 Å². The number of carbonyl (C=O) groups is 1. The van der Waals surface area contributed by atoms with Gasteiger partial charge in [0.25, 0.3) is 0 Å². The normalized spacial score (nSPS) is 13.4. The Balaban J connectivity index is 1.37. The highest BCUT2D eigenvalue weighted by Gasteiger charge is 2.22. The Morgan fingerprint density at radius 2 is 1.83 bits per heavy atom. The molecule has 0 bridgehead atoms. The highest BCUT2D eigenvalue weighted by atomic mass is 19.1. The number of aryl methyl sites for hydroxylation is 1. The van der Waals surface area contributed by atoms with Gasteiger partial charge in [0.2, 0.25) is 5.91 Å². The third kappa shape index (κ3) is 4.88. The quantitative estimate of drug-likeness (QED) is 0.395. The minimum absolute atomic E-state index is 0.0249. The van der Waals surface area contributed by atoms with Gasteiger partial charge in [0.05, 0.1) is 30.9 Å². The molecule has 4 aromatic rings. The summed E-state index contributed by atoms with van der Waals surface area (Å²) in [6, 6.07) is 16.7. The number of halogens is 1. The van der Waals surface area contributed by atoms with Crippen LogP contribution in [0.3, 0.4) is 0 Å². The van der Waals surface area contributed by atoms with Gasteiger partial charge >= 0.3 is 0 Å². The molecular weight excluding hydrogens is 457 g/mol. The lowest BCUT2D eigenvalue weighted by Crippen LogP contribution is -2.37. The van der Waals surface area contributed by atoms with Crippen LogP contribution in [0.1, 0.15) is 17.8 Å². The van der Waals surface area contributed by atoms with E-state index in [1.165, 1.54) is 6.07 Å². The van der Waals surface area contributed by atoms with Crippen molar-refractivity contribution in [3.8, 4) is 28.3 Å². The van der Waals surface area contributed by atoms with Crippen LogP contribution in [0.25, 0.3) is 28.1 Å². The summed E-state index contributed by atoms with van der Waals surface area (Å²) in [5.41, 5.74) is 4.86. The topological polar surface area (TPSA) is 73.1 Å². The Morgan fingerprint density at radius 3 is 2.50 bits per heavy atom. The molecule has 5 rings (SSSR count). The second kappa shape index (κ2) is 10.1. The number of carbonyl (C=O) groups excluding carboxylic acids is 1. The van der Waals surface area contributed by atoms with E-state index in [1.54, 1.807) is 43.2 Å². The van der Waals surface area contributed by atoms with Gasteiger partial charge < -0.3 is 9.64 Å². The maximum Gasteiger partial charge on any atom is 0.244 e. The largest absolute Gasteiger partial charge is 0.494 e. The van der Waals surface area contributed by atoms with Crippen LogP contribution >= 0.6 is 0 Å². The summed E-state index contributed by atoms with van der Waals surface area (Å²) >= 11 is 0. The molecule has 8 heteroatoms. The molecule has 0 N–H and O–H groups in total. The predicted octanol–water partition coefficient (Wildman–Crippen LogP) is 4.78. The van der Waals surface area contributed by atoms with Crippen LogP contribution in [0.15, 0.2) is 73.1 Å². The summed E-state index contributed by atoms with van der Waals surface area (Å²) in [7, 11) is 1.58. The summed E-state index contributed by atoms with van der Waals surface area (Å²) in [6.45, 7) is 2.89. The molecule has 0 atom stereocenters. The molecule has 0 aliphatic carbocycles. The van der Waals surface area contributed by atoms with E-state index in [-0.39, 0.29) is 18.3 Å². The van der Waals surface area contributed by atoms with Crippen molar-refractivity contribution in [3.05, 3.63) is 90.3 Å². The Bertz CT molecular complexity index is 1410. The molecule has 0 saturated carbocycles. The van der Waals surface area contributed by atoms with Gasteiger partial charge in [-0.3, -0.25) is 9.48 Å². The summed E-state index contributed by atoms with van der Waals surface area (Å²) < 4.78 is 20.7. The van der Waals surface area contributed by atoms with E-state index >= 15 is 0 Å². The van der Waals surface area contributed by atoms with Crippen molar-refractivity contribution in [2.75, 3.05) is 20.2 Å². The summed E-state index contributed by atoms with van der Waals surface area (Å²) in [6.07, 6.45) is 5.95. The van der Waals surface area contributed by atoms with Crippen molar-refractivity contribution in [1.29, 1.82) is 0 Å². The molecule has 2 aromatic heterocycles.